The van der Waals surface area contributed by atoms with Gasteiger partial charge in [-0.3, -0.25) is 4.68 Å². The lowest BCUT2D eigenvalue weighted by Gasteiger charge is -2.04. The summed E-state index contributed by atoms with van der Waals surface area (Å²) in [6.45, 7) is 0. The van der Waals surface area contributed by atoms with Crippen LogP contribution >= 0.6 is 0 Å². The molecule has 0 fully saturated rings. The highest BCUT2D eigenvalue weighted by Crippen LogP contribution is 2.28. The number of anilines is 2. The van der Waals surface area contributed by atoms with Gasteiger partial charge in [0.05, 0.1) is 16.4 Å². The van der Waals surface area contributed by atoms with Gasteiger partial charge in [0.1, 0.15) is 5.82 Å². The monoisotopic (exact) mass is 214 g/mol. The molecule has 0 aliphatic rings. The normalized spacial score (nSPS) is 11.2. The van der Waals surface area contributed by atoms with E-state index in [0.29, 0.717) is 5.82 Å². The fraction of sp³-hybridized carbons (Fsp3) is 0. The predicted octanol–water partition coefficient (Wildman–Crippen LogP) is 0.463. The second-order valence-corrected chi connectivity index (χ2v) is 3.58. The van der Waals surface area contributed by atoms with E-state index < -0.39 is 0 Å². The number of nitrogens with zero attached hydrogens (tertiary/aromatic N) is 3. The number of rotatable bonds is 0. The highest BCUT2D eigenvalue weighted by Gasteiger charge is 2.09. The van der Waals surface area contributed by atoms with Gasteiger partial charge in [-0.05, 0) is 18.2 Å². The van der Waals surface area contributed by atoms with Gasteiger partial charge in [-0.2, -0.15) is 4.98 Å². The summed E-state index contributed by atoms with van der Waals surface area (Å²) >= 11 is 0. The number of fused-ring (bicyclic) bond motifs is 3. The molecular weight excluding hydrogens is 204 g/mol. The van der Waals surface area contributed by atoms with Crippen molar-refractivity contribution in [3.63, 3.8) is 0 Å². The standard InChI is InChI=1S/C10H10N6/c11-9-8-5-3-4-16(13)7(5)2-1-6(8)14-10(12)15-9/h1-4H,13H2,(H4,11,12,14,15). The van der Waals surface area contributed by atoms with Gasteiger partial charge >= 0.3 is 0 Å². The number of hydrogen-bond donors (Lipinski definition) is 3. The summed E-state index contributed by atoms with van der Waals surface area (Å²) in [4.78, 5) is 8.09. The molecule has 6 nitrogen and oxygen atoms in total. The summed E-state index contributed by atoms with van der Waals surface area (Å²) in [5, 5.41) is 1.72. The largest absolute Gasteiger partial charge is 0.383 e. The maximum Gasteiger partial charge on any atom is 0.222 e. The highest BCUT2D eigenvalue weighted by atomic mass is 15.3. The summed E-state index contributed by atoms with van der Waals surface area (Å²) in [5.74, 6) is 6.31. The first-order valence-electron chi connectivity index (χ1n) is 4.74. The number of benzene rings is 1. The zero-order valence-electron chi connectivity index (χ0n) is 8.38. The van der Waals surface area contributed by atoms with Crippen LogP contribution in [0.3, 0.4) is 0 Å². The van der Waals surface area contributed by atoms with Gasteiger partial charge in [0.2, 0.25) is 5.95 Å². The first kappa shape index (κ1) is 8.78. The minimum Gasteiger partial charge on any atom is -0.383 e. The van der Waals surface area contributed by atoms with Crippen LogP contribution < -0.4 is 17.3 Å². The van der Waals surface area contributed by atoms with E-state index in [2.05, 4.69) is 9.97 Å². The van der Waals surface area contributed by atoms with Crippen LogP contribution in [0.5, 0.6) is 0 Å². The molecule has 2 heterocycles. The third-order valence-electron chi connectivity index (χ3n) is 2.61. The van der Waals surface area contributed by atoms with E-state index in [-0.39, 0.29) is 5.95 Å². The Balaban J connectivity index is 2.60. The number of nitrogens with two attached hydrogens (primary N) is 3. The number of aromatic nitrogens is 3. The van der Waals surface area contributed by atoms with Crippen molar-refractivity contribution in [1.29, 1.82) is 0 Å². The molecular formula is C10H10N6. The molecule has 0 radical (unpaired) electrons. The van der Waals surface area contributed by atoms with Crippen LogP contribution in [0.2, 0.25) is 0 Å². The van der Waals surface area contributed by atoms with Crippen molar-refractivity contribution >= 4 is 33.6 Å². The Morgan fingerprint density at radius 3 is 2.69 bits per heavy atom. The molecule has 6 N–H and O–H groups in total. The summed E-state index contributed by atoms with van der Waals surface area (Å²) in [6, 6.07) is 5.59. The van der Waals surface area contributed by atoms with E-state index in [9.17, 15) is 0 Å². The van der Waals surface area contributed by atoms with Crippen molar-refractivity contribution in [3.05, 3.63) is 24.4 Å². The van der Waals surface area contributed by atoms with Gasteiger partial charge in [0, 0.05) is 11.6 Å². The van der Waals surface area contributed by atoms with Crippen molar-refractivity contribution < 1.29 is 0 Å². The van der Waals surface area contributed by atoms with Gasteiger partial charge in [-0.25, -0.2) is 4.98 Å². The smallest absolute Gasteiger partial charge is 0.222 e. The molecule has 0 saturated carbocycles. The molecule has 3 aromatic rings. The van der Waals surface area contributed by atoms with Crippen molar-refractivity contribution in [1.82, 2.24) is 14.6 Å². The molecule has 0 aliphatic heterocycles. The maximum absolute atomic E-state index is 5.85. The zero-order chi connectivity index (χ0) is 11.3. The van der Waals surface area contributed by atoms with Gasteiger partial charge in [0.15, 0.2) is 0 Å². The average molecular weight is 214 g/mol. The number of nitrogen functional groups attached to an aromatic ring is 3. The first-order valence-corrected chi connectivity index (χ1v) is 4.74. The Morgan fingerprint density at radius 1 is 1.06 bits per heavy atom. The van der Waals surface area contributed by atoms with Gasteiger partial charge in [-0.15, -0.1) is 0 Å². The van der Waals surface area contributed by atoms with Crippen LogP contribution in [-0.4, -0.2) is 14.6 Å². The fourth-order valence-electron chi connectivity index (χ4n) is 1.92. The third kappa shape index (κ3) is 1.01. The lowest BCUT2D eigenvalue weighted by molar-refractivity contribution is 1.07. The summed E-state index contributed by atoms with van der Waals surface area (Å²) in [6.07, 6.45) is 1.76. The Morgan fingerprint density at radius 2 is 1.88 bits per heavy atom. The second kappa shape index (κ2) is 2.75. The minimum atomic E-state index is 0.177. The molecule has 0 spiro atoms. The Labute approximate surface area is 90.6 Å². The summed E-state index contributed by atoms with van der Waals surface area (Å²) in [5.41, 5.74) is 13.0. The first-order chi connectivity index (χ1) is 7.66. The molecule has 0 atom stereocenters. The van der Waals surface area contributed by atoms with Crippen molar-refractivity contribution in [2.24, 2.45) is 0 Å². The van der Waals surface area contributed by atoms with Gasteiger partial charge in [0.25, 0.3) is 0 Å². The van der Waals surface area contributed by atoms with E-state index in [1.807, 2.05) is 18.2 Å². The SMILES string of the molecule is Nc1nc(N)c2c(ccc3c2ccn3N)n1. The molecule has 0 amide bonds. The van der Waals surface area contributed by atoms with Crippen LogP contribution in [0.15, 0.2) is 24.4 Å². The Kier molecular flexibility index (Phi) is 1.51. The molecule has 80 valence electrons. The molecule has 0 aliphatic carbocycles. The Hall–Kier alpha value is -2.50. The van der Waals surface area contributed by atoms with Gasteiger partial charge < -0.3 is 17.3 Å². The van der Waals surface area contributed by atoms with Crippen molar-refractivity contribution in [2.45, 2.75) is 0 Å². The molecule has 16 heavy (non-hydrogen) atoms. The molecule has 1 aromatic carbocycles. The van der Waals surface area contributed by atoms with Crippen LogP contribution in [-0.2, 0) is 0 Å². The van der Waals surface area contributed by atoms with E-state index in [4.69, 9.17) is 17.3 Å². The lowest BCUT2D eigenvalue weighted by Crippen LogP contribution is -2.05. The van der Waals surface area contributed by atoms with Crippen LogP contribution in [0.1, 0.15) is 0 Å². The van der Waals surface area contributed by atoms with Crippen LogP contribution in [0, 0.1) is 0 Å². The fourth-order valence-corrected chi connectivity index (χ4v) is 1.92. The molecule has 3 rings (SSSR count). The quantitative estimate of drug-likeness (QED) is 0.471. The number of hydrogen-bond acceptors (Lipinski definition) is 5. The van der Waals surface area contributed by atoms with E-state index in [0.717, 1.165) is 21.8 Å². The lowest BCUT2D eigenvalue weighted by atomic mass is 10.1. The predicted molar refractivity (Wildman–Crippen MR) is 64.0 cm³/mol. The molecule has 0 unspecified atom stereocenters. The van der Waals surface area contributed by atoms with Crippen molar-refractivity contribution in [2.75, 3.05) is 17.3 Å². The third-order valence-corrected chi connectivity index (χ3v) is 2.61. The zero-order valence-corrected chi connectivity index (χ0v) is 8.38. The summed E-state index contributed by atoms with van der Waals surface area (Å²) < 4.78 is 1.53. The molecule has 0 saturated heterocycles. The second-order valence-electron chi connectivity index (χ2n) is 3.58. The topological polar surface area (TPSA) is 109 Å². The van der Waals surface area contributed by atoms with Crippen LogP contribution in [0.25, 0.3) is 21.8 Å². The van der Waals surface area contributed by atoms with E-state index >= 15 is 0 Å². The molecule has 6 heteroatoms. The minimum absolute atomic E-state index is 0.177. The highest BCUT2D eigenvalue weighted by molar-refractivity contribution is 6.10. The van der Waals surface area contributed by atoms with E-state index in [1.54, 1.807) is 6.20 Å². The van der Waals surface area contributed by atoms with Crippen LogP contribution in [0.4, 0.5) is 11.8 Å². The van der Waals surface area contributed by atoms with Gasteiger partial charge in [-0.1, -0.05) is 0 Å². The molecule has 0 bridgehead atoms. The molecule has 2 aromatic heterocycles. The van der Waals surface area contributed by atoms with E-state index in [1.165, 1.54) is 4.68 Å². The van der Waals surface area contributed by atoms with Crippen molar-refractivity contribution in [3.8, 4) is 0 Å². The Bertz CT molecular complexity index is 699. The average Bonchev–Trinajstić information content (AvgIpc) is 2.59. The summed E-state index contributed by atoms with van der Waals surface area (Å²) in [7, 11) is 0. The maximum atomic E-state index is 5.85.